The Morgan fingerprint density at radius 1 is 1.16 bits per heavy atom. The number of hydrogen-bond donors (Lipinski definition) is 1. The van der Waals surface area contributed by atoms with E-state index >= 15 is 0 Å². The smallest absolute Gasteiger partial charge is 0.258 e. The van der Waals surface area contributed by atoms with Crippen molar-refractivity contribution < 1.29 is 9.18 Å². The summed E-state index contributed by atoms with van der Waals surface area (Å²) in [6.45, 7) is 0. The quantitative estimate of drug-likeness (QED) is 0.566. The Labute approximate surface area is 140 Å². The zero-order valence-corrected chi connectivity index (χ0v) is 14.7. The summed E-state index contributed by atoms with van der Waals surface area (Å²) in [6.07, 6.45) is 0. The van der Waals surface area contributed by atoms with E-state index in [-0.39, 0.29) is 5.56 Å². The van der Waals surface area contributed by atoms with Crippen molar-refractivity contribution in [2.75, 3.05) is 5.32 Å². The van der Waals surface area contributed by atoms with E-state index in [0.29, 0.717) is 10.2 Å². The molecule has 0 radical (unpaired) electrons. The van der Waals surface area contributed by atoms with Crippen molar-refractivity contribution in [1.82, 2.24) is 0 Å². The molecule has 6 heteroatoms. The maximum absolute atomic E-state index is 13.7. The van der Waals surface area contributed by atoms with Gasteiger partial charge >= 0.3 is 0 Å². The third-order valence-electron chi connectivity index (χ3n) is 2.36. The third-order valence-corrected chi connectivity index (χ3v) is 4.18. The van der Waals surface area contributed by atoms with Crippen LogP contribution >= 0.6 is 54.5 Å². The number of nitrogens with one attached hydrogen (secondary N) is 1. The molecule has 0 atom stereocenters. The third kappa shape index (κ3) is 3.76. The first kappa shape index (κ1) is 14.9. The molecule has 2 aromatic rings. The van der Waals surface area contributed by atoms with Crippen LogP contribution in [0, 0.1) is 9.39 Å². The Kier molecular flexibility index (Phi) is 4.97. The van der Waals surface area contributed by atoms with Crippen LogP contribution in [-0.4, -0.2) is 5.91 Å². The summed E-state index contributed by atoms with van der Waals surface area (Å²) in [5, 5.41) is 2.67. The maximum atomic E-state index is 13.7. The Balaban J connectivity index is 2.25. The zero-order chi connectivity index (χ0) is 14.0. The fraction of sp³-hybridized carbons (Fsp3) is 0. The zero-order valence-electron chi connectivity index (χ0n) is 9.38. The molecule has 0 aliphatic heterocycles. The van der Waals surface area contributed by atoms with Crippen molar-refractivity contribution in [3.63, 3.8) is 0 Å². The fourth-order valence-electron chi connectivity index (χ4n) is 1.45. The molecule has 0 aliphatic carbocycles. The summed E-state index contributed by atoms with van der Waals surface area (Å²) < 4.78 is 16.1. The number of amides is 1. The van der Waals surface area contributed by atoms with Gasteiger partial charge in [0, 0.05) is 12.5 Å². The molecule has 0 heterocycles. The number of benzene rings is 2. The van der Waals surface area contributed by atoms with Gasteiger partial charge in [-0.3, -0.25) is 4.79 Å². The predicted octanol–water partition coefficient (Wildman–Crippen LogP) is 5.21. The molecule has 2 rings (SSSR count). The van der Waals surface area contributed by atoms with E-state index in [2.05, 4.69) is 59.8 Å². The number of halogens is 4. The SMILES string of the molecule is O=C(Nc1ccc(I)cc1Br)c1ccc(Br)cc1F. The second-order valence-electron chi connectivity index (χ2n) is 3.70. The first-order chi connectivity index (χ1) is 8.97. The summed E-state index contributed by atoms with van der Waals surface area (Å²) in [7, 11) is 0. The van der Waals surface area contributed by atoms with Crippen molar-refractivity contribution in [2.45, 2.75) is 0 Å². The molecule has 1 amide bonds. The molecule has 0 bridgehead atoms. The van der Waals surface area contributed by atoms with Gasteiger partial charge in [0.15, 0.2) is 0 Å². The van der Waals surface area contributed by atoms with Crippen LogP contribution in [0.4, 0.5) is 10.1 Å². The first-order valence-electron chi connectivity index (χ1n) is 5.19. The lowest BCUT2D eigenvalue weighted by atomic mass is 10.2. The summed E-state index contributed by atoms with van der Waals surface area (Å²) in [5.41, 5.74) is 0.612. The largest absolute Gasteiger partial charge is 0.321 e. The van der Waals surface area contributed by atoms with E-state index < -0.39 is 11.7 Å². The van der Waals surface area contributed by atoms with Gasteiger partial charge in [0.05, 0.1) is 11.3 Å². The lowest BCUT2D eigenvalue weighted by Crippen LogP contribution is -2.14. The van der Waals surface area contributed by atoms with Gasteiger partial charge in [-0.2, -0.15) is 0 Å². The highest BCUT2D eigenvalue weighted by Gasteiger charge is 2.13. The van der Waals surface area contributed by atoms with Crippen molar-refractivity contribution >= 4 is 66.0 Å². The summed E-state index contributed by atoms with van der Waals surface area (Å²) >= 11 is 8.68. The van der Waals surface area contributed by atoms with Gasteiger partial charge in [-0.25, -0.2) is 4.39 Å². The van der Waals surface area contributed by atoms with Gasteiger partial charge in [0.2, 0.25) is 0 Å². The van der Waals surface area contributed by atoms with Crippen molar-refractivity contribution in [3.8, 4) is 0 Å². The van der Waals surface area contributed by atoms with Crippen LogP contribution in [0.25, 0.3) is 0 Å². The standard InChI is InChI=1S/C13H7Br2FINO/c14-7-1-3-9(11(16)5-7)13(19)18-12-4-2-8(17)6-10(12)15/h1-6H,(H,18,19). The minimum absolute atomic E-state index is 0.00801. The van der Waals surface area contributed by atoms with E-state index in [1.54, 1.807) is 12.1 Å². The van der Waals surface area contributed by atoms with E-state index in [1.165, 1.54) is 12.1 Å². The topological polar surface area (TPSA) is 29.1 Å². The van der Waals surface area contributed by atoms with Crippen molar-refractivity contribution in [2.24, 2.45) is 0 Å². The second-order valence-corrected chi connectivity index (χ2v) is 6.72. The average molecular weight is 499 g/mol. The number of hydrogen-bond acceptors (Lipinski definition) is 1. The Hall–Kier alpha value is -0.470. The molecular weight excluding hydrogens is 492 g/mol. The number of carbonyl (C=O) groups excluding carboxylic acids is 1. The van der Waals surface area contributed by atoms with E-state index in [1.807, 2.05) is 12.1 Å². The van der Waals surface area contributed by atoms with Gasteiger partial charge in [0.25, 0.3) is 5.91 Å². The lowest BCUT2D eigenvalue weighted by molar-refractivity contribution is 0.102. The summed E-state index contributed by atoms with van der Waals surface area (Å²) in [4.78, 5) is 12.0. The molecule has 0 aromatic heterocycles. The molecule has 0 unspecified atom stereocenters. The highest BCUT2D eigenvalue weighted by atomic mass is 127. The highest BCUT2D eigenvalue weighted by molar-refractivity contribution is 14.1. The Bertz CT molecular complexity index is 649. The van der Waals surface area contributed by atoms with Crippen LogP contribution in [0.3, 0.4) is 0 Å². The Morgan fingerprint density at radius 3 is 2.53 bits per heavy atom. The van der Waals surface area contributed by atoms with Gasteiger partial charge < -0.3 is 5.32 Å². The minimum atomic E-state index is -0.562. The number of rotatable bonds is 2. The van der Waals surface area contributed by atoms with E-state index in [0.717, 1.165) is 8.04 Å². The van der Waals surface area contributed by atoms with Crippen molar-refractivity contribution in [3.05, 3.63) is 60.3 Å². The molecule has 0 spiro atoms. The molecule has 0 aliphatic rings. The lowest BCUT2D eigenvalue weighted by Gasteiger charge is -2.08. The van der Waals surface area contributed by atoms with Crippen LogP contribution < -0.4 is 5.32 Å². The van der Waals surface area contributed by atoms with Gasteiger partial charge in [-0.1, -0.05) is 15.9 Å². The van der Waals surface area contributed by atoms with Crippen LogP contribution in [0.5, 0.6) is 0 Å². The molecule has 2 aromatic carbocycles. The molecule has 0 saturated carbocycles. The normalized spacial score (nSPS) is 10.3. The van der Waals surface area contributed by atoms with Crippen molar-refractivity contribution in [1.29, 1.82) is 0 Å². The average Bonchev–Trinajstić information content (AvgIpc) is 2.32. The van der Waals surface area contributed by atoms with Gasteiger partial charge in [-0.15, -0.1) is 0 Å². The fourth-order valence-corrected chi connectivity index (χ4v) is 3.18. The summed E-state index contributed by atoms with van der Waals surface area (Å²) in [6, 6.07) is 9.82. The number of carbonyl (C=O) groups is 1. The highest BCUT2D eigenvalue weighted by Crippen LogP contribution is 2.25. The molecule has 0 fully saturated rings. The monoisotopic (exact) mass is 497 g/mol. The summed E-state index contributed by atoms with van der Waals surface area (Å²) in [5.74, 6) is -1.04. The molecule has 98 valence electrons. The first-order valence-corrected chi connectivity index (χ1v) is 7.85. The van der Waals surface area contributed by atoms with Gasteiger partial charge in [-0.05, 0) is 74.9 Å². The molecule has 0 saturated heterocycles. The van der Waals surface area contributed by atoms with Crippen LogP contribution in [0.1, 0.15) is 10.4 Å². The minimum Gasteiger partial charge on any atom is -0.321 e. The second kappa shape index (κ2) is 6.32. The van der Waals surface area contributed by atoms with E-state index in [4.69, 9.17) is 0 Å². The van der Waals surface area contributed by atoms with Gasteiger partial charge in [0.1, 0.15) is 5.82 Å². The molecule has 19 heavy (non-hydrogen) atoms. The van der Waals surface area contributed by atoms with Crippen LogP contribution in [0.15, 0.2) is 45.3 Å². The van der Waals surface area contributed by atoms with Crippen LogP contribution in [-0.2, 0) is 0 Å². The molecule has 1 N–H and O–H groups in total. The molecular formula is C13H7Br2FINO. The number of anilines is 1. The van der Waals surface area contributed by atoms with Crippen LogP contribution in [0.2, 0.25) is 0 Å². The Morgan fingerprint density at radius 2 is 1.89 bits per heavy atom. The molecule has 2 nitrogen and oxygen atoms in total. The predicted molar refractivity (Wildman–Crippen MR) is 88.9 cm³/mol. The maximum Gasteiger partial charge on any atom is 0.258 e. The van der Waals surface area contributed by atoms with E-state index in [9.17, 15) is 9.18 Å².